The van der Waals surface area contributed by atoms with Crippen molar-refractivity contribution in [3.05, 3.63) is 83.8 Å². The van der Waals surface area contributed by atoms with E-state index in [9.17, 15) is 36.0 Å². The van der Waals surface area contributed by atoms with Crippen LogP contribution in [0.15, 0.2) is 71.8 Å². The molecule has 1 atom stereocenters. The molecule has 5 N–H and O–H groups in total. The number of urea groups is 1. The first kappa shape index (κ1) is 39.1. The van der Waals surface area contributed by atoms with Gasteiger partial charge < -0.3 is 36.1 Å². The van der Waals surface area contributed by atoms with Crippen molar-refractivity contribution in [2.75, 3.05) is 37.1 Å². The van der Waals surface area contributed by atoms with Gasteiger partial charge in [-0.2, -0.15) is 13.2 Å². The first-order chi connectivity index (χ1) is 24.3. The third-order valence-electron chi connectivity index (χ3n) is 7.63. The topological polar surface area (TPSA) is 182 Å². The smallest absolute Gasteiger partial charge is 0.491 e. The summed E-state index contributed by atoms with van der Waals surface area (Å²) in [4.78, 5) is 44.3. The van der Waals surface area contributed by atoms with Crippen molar-refractivity contribution in [2.24, 2.45) is 0 Å². The van der Waals surface area contributed by atoms with Crippen molar-refractivity contribution in [3.63, 3.8) is 0 Å². The van der Waals surface area contributed by atoms with E-state index >= 15 is 4.39 Å². The monoisotopic (exact) mass is 748 g/mol. The molecule has 1 heterocycles. The average Bonchev–Trinajstić information content (AvgIpc) is 3.07. The zero-order chi connectivity index (χ0) is 38.6. The molecule has 278 valence electrons. The van der Waals surface area contributed by atoms with Crippen LogP contribution >= 0.6 is 0 Å². The zero-order valence-electron chi connectivity index (χ0n) is 28.6. The van der Waals surface area contributed by atoms with Crippen molar-refractivity contribution in [3.8, 4) is 5.75 Å². The van der Waals surface area contributed by atoms with E-state index in [0.29, 0.717) is 10.8 Å². The standard InChI is InChI=1S/C34H36F4N6O7S/c1-6-50-24-9-11-27(35)26(17-24)33(51-31(46)34(36,37)38,43-23-7-10-25-20(15-23)13-14-40-29(25)39)30(45)41-18-21-16-22(42-32(47)44(4)5)8-12-28(21)52(48,49)19(2)3/h7-17,19,43H,6,18H2,1-5H3,(H2,39,40)(H,41,45)(H,42,47). The molecule has 0 saturated carbocycles. The Morgan fingerprint density at radius 3 is 2.31 bits per heavy atom. The number of hydrogen-bond acceptors (Lipinski definition) is 10. The van der Waals surface area contributed by atoms with Crippen LogP contribution in [-0.2, 0) is 36.4 Å². The molecule has 4 rings (SSSR count). The minimum atomic E-state index is -5.66. The van der Waals surface area contributed by atoms with Crippen molar-refractivity contribution >= 4 is 55.7 Å². The first-order valence-corrected chi connectivity index (χ1v) is 17.1. The molecule has 0 radical (unpaired) electrons. The SMILES string of the molecule is CCOc1ccc(F)c(C(Nc2ccc3c(N)nccc3c2)(OC(=O)C(F)(F)F)C(=O)NCc2cc(NC(=O)N(C)C)ccc2S(=O)(=O)C(C)C)c1. The molecule has 3 amide bonds. The van der Waals surface area contributed by atoms with Crippen LogP contribution in [-0.4, -0.2) is 68.3 Å². The molecule has 0 bridgehead atoms. The molecule has 4 aromatic rings. The van der Waals surface area contributed by atoms with E-state index in [1.54, 1.807) is 6.92 Å². The van der Waals surface area contributed by atoms with Crippen LogP contribution in [0.25, 0.3) is 10.8 Å². The lowest BCUT2D eigenvalue weighted by atomic mass is 9.98. The maximum atomic E-state index is 15.8. The Morgan fingerprint density at radius 2 is 1.67 bits per heavy atom. The summed E-state index contributed by atoms with van der Waals surface area (Å²) in [5, 5.41) is 7.24. The molecule has 0 spiro atoms. The van der Waals surface area contributed by atoms with Crippen LogP contribution in [0, 0.1) is 5.82 Å². The summed E-state index contributed by atoms with van der Waals surface area (Å²) in [5.41, 5.74) is 1.63. The van der Waals surface area contributed by atoms with Crippen molar-refractivity contribution in [1.82, 2.24) is 15.2 Å². The minimum Gasteiger partial charge on any atom is -0.494 e. The molecule has 13 nitrogen and oxygen atoms in total. The van der Waals surface area contributed by atoms with Crippen LogP contribution in [0.1, 0.15) is 31.9 Å². The lowest BCUT2D eigenvalue weighted by Crippen LogP contribution is -2.55. The Bertz CT molecular complexity index is 2110. The molecule has 0 saturated heterocycles. The number of carbonyl (C=O) groups is 3. The number of rotatable bonds is 12. The second-order valence-corrected chi connectivity index (χ2v) is 14.3. The van der Waals surface area contributed by atoms with Crippen molar-refractivity contribution < 1.29 is 49.8 Å². The number of alkyl halides is 3. The predicted octanol–water partition coefficient (Wildman–Crippen LogP) is 5.32. The van der Waals surface area contributed by atoms with Gasteiger partial charge in [-0.3, -0.25) is 4.79 Å². The molecular weight excluding hydrogens is 712 g/mol. The summed E-state index contributed by atoms with van der Waals surface area (Å²) in [6, 6.07) is 11.6. The molecule has 0 aliphatic carbocycles. The number of sulfone groups is 1. The van der Waals surface area contributed by atoms with Gasteiger partial charge in [-0.05, 0) is 92.4 Å². The zero-order valence-corrected chi connectivity index (χ0v) is 29.4. The highest BCUT2D eigenvalue weighted by atomic mass is 32.2. The molecular formula is C34H36F4N6O7S. The predicted molar refractivity (Wildman–Crippen MR) is 184 cm³/mol. The van der Waals surface area contributed by atoms with Crippen LogP contribution < -0.4 is 26.4 Å². The lowest BCUT2D eigenvalue weighted by Gasteiger charge is -2.34. The number of aromatic nitrogens is 1. The fraction of sp³-hybridized carbons (Fsp3) is 0.294. The fourth-order valence-corrected chi connectivity index (χ4v) is 6.21. The van der Waals surface area contributed by atoms with E-state index in [-0.39, 0.29) is 40.0 Å². The van der Waals surface area contributed by atoms with E-state index in [2.05, 4.69) is 20.9 Å². The molecule has 3 aromatic carbocycles. The van der Waals surface area contributed by atoms with Crippen LogP contribution in [0.2, 0.25) is 0 Å². The van der Waals surface area contributed by atoms with Gasteiger partial charge in [0.2, 0.25) is 0 Å². The Balaban J connectivity index is 1.93. The van der Waals surface area contributed by atoms with E-state index in [4.69, 9.17) is 15.2 Å². The number of anilines is 3. The molecule has 0 aliphatic rings. The summed E-state index contributed by atoms with van der Waals surface area (Å²) in [7, 11) is -1.13. The number of benzene rings is 3. The van der Waals surface area contributed by atoms with Gasteiger partial charge in [0.15, 0.2) is 9.84 Å². The third kappa shape index (κ3) is 8.44. The number of amides is 3. The maximum Gasteiger partial charge on any atom is 0.491 e. The third-order valence-corrected chi connectivity index (χ3v) is 9.88. The summed E-state index contributed by atoms with van der Waals surface area (Å²) < 4.78 is 94.5. The van der Waals surface area contributed by atoms with E-state index in [1.165, 1.54) is 81.5 Å². The van der Waals surface area contributed by atoms with Gasteiger partial charge in [0.25, 0.3) is 11.6 Å². The molecule has 0 fully saturated rings. The lowest BCUT2D eigenvalue weighted by molar-refractivity contribution is -0.213. The van der Waals surface area contributed by atoms with Crippen molar-refractivity contribution in [1.29, 1.82) is 0 Å². The number of ether oxygens (including phenoxy) is 2. The summed E-state index contributed by atoms with van der Waals surface area (Å²) in [5.74, 6) is -5.65. The second kappa shape index (κ2) is 15.3. The average molecular weight is 749 g/mol. The number of pyridine rings is 1. The Morgan fingerprint density at radius 1 is 0.981 bits per heavy atom. The van der Waals surface area contributed by atoms with E-state index in [0.717, 1.165) is 18.2 Å². The fourth-order valence-electron chi connectivity index (χ4n) is 4.95. The number of hydrogen-bond donors (Lipinski definition) is 4. The van der Waals surface area contributed by atoms with Gasteiger partial charge >= 0.3 is 18.2 Å². The highest BCUT2D eigenvalue weighted by molar-refractivity contribution is 7.92. The Labute approximate surface area is 296 Å². The maximum absolute atomic E-state index is 15.8. The van der Waals surface area contributed by atoms with Gasteiger partial charge in [0, 0.05) is 43.6 Å². The number of carbonyl (C=O) groups excluding carboxylic acids is 3. The number of fused-ring (bicyclic) bond motifs is 1. The molecule has 52 heavy (non-hydrogen) atoms. The number of esters is 1. The highest BCUT2D eigenvalue weighted by Gasteiger charge is 2.53. The Hall–Kier alpha value is -5.65. The Kier molecular flexibility index (Phi) is 11.5. The highest BCUT2D eigenvalue weighted by Crippen LogP contribution is 2.37. The first-order valence-electron chi connectivity index (χ1n) is 15.6. The number of nitrogen functional groups attached to an aromatic ring is 1. The van der Waals surface area contributed by atoms with Gasteiger partial charge in [0.05, 0.1) is 22.3 Å². The van der Waals surface area contributed by atoms with Gasteiger partial charge in [-0.15, -0.1) is 0 Å². The van der Waals surface area contributed by atoms with Crippen LogP contribution in [0.4, 0.5) is 39.5 Å². The van der Waals surface area contributed by atoms with Crippen molar-refractivity contribution in [2.45, 2.75) is 49.4 Å². The minimum absolute atomic E-state index is 0.0357. The molecule has 1 unspecified atom stereocenters. The quantitative estimate of drug-likeness (QED) is 0.0842. The van der Waals surface area contributed by atoms with Gasteiger partial charge in [-0.25, -0.2) is 27.4 Å². The van der Waals surface area contributed by atoms with Crippen LogP contribution in [0.5, 0.6) is 5.75 Å². The molecule has 0 aliphatic heterocycles. The van der Waals surface area contributed by atoms with Gasteiger partial charge in [-0.1, -0.05) is 0 Å². The largest absolute Gasteiger partial charge is 0.494 e. The van der Waals surface area contributed by atoms with Crippen LogP contribution in [0.3, 0.4) is 0 Å². The van der Waals surface area contributed by atoms with Gasteiger partial charge in [0.1, 0.15) is 17.4 Å². The van der Waals surface area contributed by atoms with E-state index < -0.39 is 62.8 Å². The molecule has 18 heteroatoms. The molecule has 1 aromatic heterocycles. The number of halogens is 4. The summed E-state index contributed by atoms with van der Waals surface area (Å²) in [6.45, 7) is 3.72. The normalized spacial score (nSPS) is 12.9. The number of nitrogens with two attached hydrogens (primary N) is 1. The summed E-state index contributed by atoms with van der Waals surface area (Å²) in [6.07, 6.45) is -4.31. The number of nitrogens with zero attached hydrogens (tertiary/aromatic N) is 2. The second-order valence-electron chi connectivity index (χ2n) is 11.8. The number of nitrogens with one attached hydrogen (secondary N) is 3. The summed E-state index contributed by atoms with van der Waals surface area (Å²) >= 11 is 0. The van der Waals surface area contributed by atoms with E-state index in [1.807, 2.05) is 0 Å².